The number of thiophene rings is 1. The Labute approximate surface area is 193 Å². The number of nitrogens with one attached hydrogen (secondary N) is 2. The summed E-state index contributed by atoms with van der Waals surface area (Å²) >= 11 is 1.06. The molecule has 33 heavy (non-hydrogen) atoms. The van der Waals surface area contributed by atoms with Crippen LogP contribution in [0, 0.1) is 17.5 Å². The van der Waals surface area contributed by atoms with Crippen molar-refractivity contribution in [3.05, 3.63) is 52.3 Å². The Morgan fingerprint density at radius 1 is 1.24 bits per heavy atom. The average molecular weight is 476 g/mol. The summed E-state index contributed by atoms with van der Waals surface area (Å²) in [6, 6.07) is 4.35. The topological polar surface area (TPSA) is 83.3 Å². The third-order valence-electron chi connectivity index (χ3n) is 6.48. The maximum Gasteiger partial charge on any atom is 0.263 e. The van der Waals surface area contributed by atoms with Crippen LogP contribution < -0.4 is 21.3 Å². The molecule has 2 saturated heterocycles. The van der Waals surface area contributed by atoms with Gasteiger partial charge in [0.05, 0.1) is 17.6 Å². The minimum absolute atomic E-state index is 0.0851. The lowest BCUT2D eigenvalue weighted by molar-refractivity contribution is 0.0956. The van der Waals surface area contributed by atoms with E-state index in [4.69, 9.17) is 5.73 Å². The summed E-state index contributed by atoms with van der Waals surface area (Å²) in [6.45, 7) is 3.12. The van der Waals surface area contributed by atoms with Gasteiger partial charge in [0.25, 0.3) is 5.91 Å². The van der Waals surface area contributed by atoms with E-state index in [1.165, 1.54) is 18.2 Å². The van der Waals surface area contributed by atoms with Crippen molar-refractivity contribution in [2.24, 2.45) is 0 Å². The molecular weight excluding hydrogens is 451 g/mol. The second-order valence-corrected chi connectivity index (χ2v) is 9.83. The van der Waals surface area contributed by atoms with E-state index in [0.717, 1.165) is 30.4 Å². The van der Waals surface area contributed by atoms with Crippen molar-refractivity contribution >= 4 is 38.8 Å². The second kappa shape index (κ2) is 8.49. The Morgan fingerprint density at radius 2 is 1.97 bits per heavy atom. The van der Waals surface area contributed by atoms with E-state index in [1.807, 2.05) is 4.90 Å². The Kier molecular flexibility index (Phi) is 5.65. The summed E-state index contributed by atoms with van der Waals surface area (Å²) in [4.78, 5) is 19.2. The molecule has 10 heteroatoms. The number of nitrogens with two attached hydrogens (primary N) is 1. The molecule has 2 bridgehead atoms. The van der Waals surface area contributed by atoms with Gasteiger partial charge in [0.15, 0.2) is 0 Å². The number of amides is 1. The molecule has 1 aromatic carbocycles. The number of benzene rings is 1. The highest BCUT2D eigenvalue weighted by Gasteiger charge is 2.33. The summed E-state index contributed by atoms with van der Waals surface area (Å²) in [7, 11) is 0. The van der Waals surface area contributed by atoms with Crippen molar-refractivity contribution in [1.29, 1.82) is 0 Å². The molecule has 5 rings (SSSR count). The van der Waals surface area contributed by atoms with E-state index in [2.05, 4.69) is 15.6 Å². The molecule has 2 aliphatic rings. The van der Waals surface area contributed by atoms with Crippen LogP contribution in [0.2, 0.25) is 0 Å². The Bertz CT molecular complexity index is 1220. The zero-order valence-corrected chi connectivity index (χ0v) is 18.8. The van der Waals surface area contributed by atoms with Gasteiger partial charge < -0.3 is 21.3 Å². The maximum absolute atomic E-state index is 15.0. The molecule has 2 aliphatic heterocycles. The molecule has 0 radical (unpaired) electrons. The molecule has 2 fully saturated rings. The summed E-state index contributed by atoms with van der Waals surface area (Å²) in [5.74, 6) is -2.44. The van der Waals surface area contributed by atoms with Gasteiger partial charge in [0, 0.05) is 49.1 Å². The Morgan fingerprint density at radius 3 is 2.70 bits per heavy atom. The predicted molar refractivity (Wildman–Crippen MR) is 123 cm³/mol. The molecule has 0 aliphatic carbocycles. The Hall–Kier alpha value is -2.85. The summed E-state index contributed by atoms with van der Waals surface area (Å²) in [5.41, 5.74) is 6.64. The number of hydrogen-bond donors (Lipinski definition) is 3. The molecule has 174 valence electrons. The van der Waals surface area contributed by atoms with Crippen LogP contribution in [0.5, 0.6) is 0 Å². The second-order valence-electron chi connectivity index (χ2n) is 8.83. The number of carbonyl (C=O) groups excluding carboxylic acids is 1. The van der Waals surface area contributed by atoms with Crippen molar-refractivity contribution < 1.29 is 18.0 Å². The van der Waals surface area contributed by atoms with Crippen LogP contribution in [0.4, 0.5) is 24.5 Å². The molecule has 3 aromatic rings. The molecule has 0 spiro atoms. The molecule has 1 amide bonds. The van der Waals surface area contributed by atoms with Gasteiger partial charge in [-0.25, -0.2) is 18.2 Å². The first kappa shape index (κ1) is 22.0. The van der Waals surface area contributed by atoms with E-state index in [1.54, 1.807) is 6.92 Å². The van der Waals surface area contributed by atoms with Crippen molar-refractivity contribution in [2.45, 2.75) is 37.8 Å². The van der Waals surface area contributed by atoms with Crippen molar-refractivity contribution in [3.63, 3.8) is 0 Å². The summed E-state index contributed by atoms with van der Waals surface area (Å²) in [6.07, 6.45) is 3.17. The smallest absolute Gasteiger partial charge is 0.263 e. The van der Waals surface area contributed by atoms with E-state index in [9.17, 15) is 18.0 Å². The lowest BCUT2D eigenvalue weighted by atomic mass is 9.99. The molecule has 6 nitrogen and oxygen atoms in total. The highest BCUT2D eigenvalue weighted by molar-refractivity contribution is 7.21. The van der Waals surface area contributed by atoms with Gasteiger partial charge in [0.2, 0.25) is 0 Å². The van der Waals surface area contributed by atoms with Crippen LogP contribution in [0.3, 0.4) is 0 Å². The third kappa shape index (κ3) is 4.13. The standard InChI is InChI=1S/C23H24F3N5OS/c1-11(7-28-22(32)21-20(27)16-4-12(24)8-29-23(16)33-21)15-5-18(26)19(6-17(15)25)31-9-13-2-3-14(10-31)30-13/h4-6,8,11,13-14,30H,2-3,7,9-10,27H2,1H3,(H,28,32)/t11-,13?,14?/m1/s1. The largest absolute Gasteiger partial charge is 0.397 e. The zero-order chi connectivity index (χ0) is 23.3. The number of halogens is 3. The fraction of sp³-hybridized carbons (Fsp3) is 0.391. The van der Waals surface area contributed by atoms with Crippen molar-refractivity contribution in [3.8, 4) is 0 Å². The number of rotatable bonds is 5. The lowest BCUT2D eigenvalue weighted by Crippen LogP contribution is -2.51. The van der Waals surface area contributed by atoms with E-state index >= 15 is 0 Å². The number of hydrogen-bond acceptors (Lipinski definition) is 6. The molecule has 2 aromatic heterocycles. The third-order valence-corrected chi connectivity index (χ3v) is 7.61. The number of pyridine rings is 1. The first-order valence-corrected chi connectivity index (χ1v) is 11.7. The number of nitrogens with zero attached hydrogens (tertiary/aromatic N) is 2. The van der Waals surface area contributed by atoms with Crippen LogP contribution in [-0.2, 0) is 0 Å². The van der Waals surface area contributed by atoms with Crippen LogP contribution >= 0.6 is 11.3 Å². The highest BCUT2D eigenvalue weighted by Crippen LogP contribution is 2.33. The zero-order valence-electron chi connectivity index (χ0n) is 18.0. The van der Waals surface area contributed by atoms with Crippen LogP contribution in [0.1, 0.15) is 40.9 Å². The fourth-order valence-corrected chi connectivity index (χ4v) is 5.71. The molecular formula is C23H24F3N5OS. The van der Waals surface area contributed by atoms with Crippen molar-refractivity contribution in [2.75, 3.05) is 30.3 Å². The minimum atomic E-state index is -0.540. The maximum atomic E-state index is 15.0. The van der Waals surface area contributed by atoms with Crippen LogP contribution in [-0.4, -0.2) is 42.6 Å². The predicted octanol–water partition coefficient (Wildman–Crippen LogP) is 3.77. The van der Waals surface area contributed by atoms with Gasteiger partial charge in [0.1, 0.15) is 27.2 Å². The first-order valence-electron chi connectivity index (χ1n) is 10.9. The van der Waals surface area contributed by atoms with Gasteiger partial charge in [-0.15, -0.1) is 11.3 Å². The number of carbonyl (C=O) groups is 1. The molecule has 4 heterocycles. The summed E-state index contributed by atoms with van der Waals surface area (Å²) < 4.78 is 43.3. The van der Waals surface area contributed by atoms with Crippen LogP contribution in [0.15, 0.2) is 24.4 Å². The number of fused-ring (bicyclic) bond motifs is 3. The summed E-state index contributed by atoms with van der Waals surface area (Å²) in [5, 5.41) is 6.58. The van der Waals surface area contributed by atoms with Crippen LogP contribution in [0.25, 0.3) is 10.2 Å². The van der Waals surface area contributed by atoms with Crippen molar-refractivity contribution in [1.82, 2.24) is 15.6 Å². The SMILES string of the molecule is C[C@H](CNC(=O)c1sc2ncc(F)cc2c1N)c1cc(F)c(N2CC3CCC(C2)N3)cc1F. The van der Waals surface area contributed by atoms with E-state index in [-0.39, 0.29) is 28.4 Å². The monoisotopic (exact) mass is 475 g/mol. The fourth-order valence-electron chi connectivity index (χ4n) is 4.75. The average Bonchev–Trinajstić information content (AvgIpc) is 3.31. The number of aromatic nitrogens is 1. The first-order chi connectivity index (χ1) is 15.8. The lowest BCUT2D eigenvalue weighted by Gasteiger charge is -2.35. The van der Waals surface area contributed by atoms with Gasteiger partial charge in [-0.1, -0.05) is 6.92 Å². The number of nitrogen functional groups attached to an aromatic ring is 1. The molecule has 3 atom stereocenters. The van der Waals surface area contributed by atoms with Gasteiger partial charge in [-0.3, -0.25) is 4.79 Å². The normalized spacial score (nSPS) is 20.9. The number of anilines is 2. The molecule has 4 N–H and O–H groups in total. The molecule has 0 saturated carbocycles. The minimum Gasteiger partial charge on any atom is -0.397 e. The quantitative estimate of drug-likeness (QED) is 0.523. The number of piperazine rings is 1. The Balaban J connectivity index is 1.29. The van der Waals surface area contributed by atoms with E-state index < -0.39 is 29.3 Å². The van der Waals surface area contributed by atoms with Gasteiger partial charge in [-0.2, -0.15) is 0 Å². The highest BCUT2D eigenvalue weighted by atomic mass is 32.1. The van der Waals surface area contributed by atoms with E-state index in [0.29, 0.717) is 35.4 Å². The molecule has 2 unspecified atom stereocenters. The van der Waals surface area contributed by atoms with Gasteiger partial charge in [-0.05, 0) is 30.5 Å². The van der Waals surface area contributed by atoms with Gasteiger partial charge >= 0.3 is 0 Å².